The van der Waals surface area contributed by atoms with Gasteiger partial charge in [-0.05, 0) is 25.7 Å². The van der Waals surface area contributed by atoms with E-state index in [2.05, 4.69) is 11.2 Å². The first kappa shape index (κ1) is 12.1. The number of amides is 1. The average Bonchev–Trinajstić information content (AvgIpc) is 2.29. The van der Waals surface area contributed by atoms with Gasteiger partial charge >= 0.3 is 0 Å². The average molecular weight is 209 g/mol. The van der Waals surface area contributed by atoms with Crippen LogP contribution in [-0.2, 0) is 9.53 Å². The van der Waals surface area contributed by atoms with Crippen molar-refractivity contribution in [3.8, 4) is 12.3 Å². The third-order valence-corrected chi connectivity index (χ3v) is 2.68. The van der Waals surface area contributed by atoms with Crippen LogP contribution in [0.25, 0.3) is 0 Å². The number of hydrogen-bond acceptors (Lipinski definition) is 2. The van der Waals surface area contributed by atoms with Crippen LogP contribution < -0.4 is 5.32 Å². The maximum Gasteiger partial charge on any atom is 0.249 e. The molecule has 3 nitrogen and oxygen atoms in total. The van der Waals surface area contributed by atoms with Crippen molar-refractivity contribution >= 4 is 5.91 Å². The van der Waals surface area contributed by atoms with Crippen LogP contribution in [0.4, 0.5) is 0 Å². The zero-order chi connectivity index (χ0) is 11.1. The van der Waals surface area contributed by atoms with E-state index in [9.17, 15) is 4.79 Å². The first-order valence-electron chi connectivity index (χ1n) is 5.63. The molecule has 0 aliphatic carbocycles. The van der Waals surface area contributed by atoms with Crippen molar-refractivity contribution in [3.05, 3.63) is 0 Å². The van der Waals surface area contributed by atoms with Crippen LogP contribution in [0.15, 0.2) is 0 Å². The van der Waals surface area contributed by atoms with Crippen LogP contribution in [0.5, 0.6) is 0 Å². The van der Waals surface area contributed by atoms with Crippen molar-refractivity contribution in [2.24, 2.45) is 0 Å². The minimum atomic E-state index is -0.259. The molecule has 0 aromatic carbocycles. The molecule has 0 aromatic heterocycles. The summed E-state index contributed by atoms with van der Waals surface area (Å²) in [6.07, 6.45) is 9.39. The summed E-state index contributed by atoms with van der Waals surface area (Å²) in [5.74, 6) is 2.57. The Hall–Kier alpha value is -1.01. The Morgan fingerprint density at radius 3 is 3.00 bits per heavy atom. The highest BCUT2D eigenvalue weighted by atomic mass is 16.5. The molecule has 0 radical (unpaired) electrons. The molecule has 1 aliphatic heterocycles. The fraction of sp³-hybridized carbons (Fsp3) is 0.750. The van der Waals surface area contributed by atoms with Crippen LogP contribution in [0.1, 0.15) is 39.0 Å². The summed E-state index contributed by atoms with van der Waals surface area (Å²) in [5.41, 5.74) is 0. The van der Waals surface area contributed by atoms with Gasteiger partial charge in [0.1, 0.15) is 6.10 Å². The molecule has 1 amide bonds. The molecule has 2 unspecified atom stereocenters. The lowest BCUT2D eigenvalue weighted by Crippen LogP contribution is -2.43. The second-order valence-corrected chi connectivity index (χ2v) is 3.88. The third-order valence-electron chi connectivity index (χ3n) is 2.68. The first-order valence-corrected chi connectivity index (χ1v) is 5.63. The molecule has 0 bridgehead atoms. The maximum atomic E-state index is 11.7. The van der Waals surface area contributed by atoms with Gasteiger partial charge in [0.05, 0.1) is 0 Å². The molecular weight excluding hydrogens is 190 g/mol. The molecule has 1 heterocycles. The Kier molecular flexibility index (Phi) is 5.20. The monoisotopic (exact) mass is 209 g/mol. The SMILES string of the molecule is C#CCC(CC)NC(=O)C1CCCCO1. The minimum Gasteiger partial charge on any atom is -0.368 e. The highest BCUT2D eigenvalue weighted by molar-refractivity contribution is 5.81. The lowest BCUT2D eigenvalue weighted by molar-refractivity contribution is -0.136. The van der Waals surface area contributed by atoms with E-state index in [1.165, 1.54) is 0 Å². The van der Waals surface area contributed by atoms with Crippen LogP contribution in [0.3, 0.4) is 0 Å². The molecule has 1 aliphatic rings. The fourth-order valence-electron chi connectivity index (χ4n) is 1.68. The van der Waals surface area contributed by atoms with Gasteiger partial charge in [0.15, 0.2) is 0 Å². The molecule has 15 heavy (non-hydrogen) atoms. The molecule has 84 valence electrons. The van der Waals surface area contributed by atoms with Gasteiger partial charge in [0.2, 0.25) is 5.91 Å². The smallest absolute Gasteiger partial charge is 0.249 e. The topological polar surface area (TPSA) is 38.3 Å². The van der Waals surface area contributed by atoms with E-state index in [-0.39, 0.29) is 18.1 Å². The maximum absolute atomic E-state index is 11.7. The number of carbonyl (C=O) groups excluding carboxylic acids is 1. The second-order valence-electron chi connectivity index (χ2n) is 3.88. The van der Waals surface area contributed by atoms with Crippen LogP contribution in [-0.4, -0.2) is 24.7 Å². The highest BCUT2D eigenvalue weighted by Crippen LogP contribution is 2.13. The zero-order valence-electron chi connectivity index (χ0n) is 9.29. The van der Waals surface area contributed by atoms with Gasteiger partial charge in [-0.3, -0.25) is 4.79 Å². The fourth-order valence-corrected chi connectivity index (χ4v) is 1.68. The minimum absolute atomic E-state index is 0.00296. The Morgan fingerprint density at radius 1 is 1.67 bits per heavy atom. The summed E-state index contributed by atoms with van der Waals surface area (Å²) in [6.45, 7) is 2.72. The third kappa shape index (κ3) is 3.93. The standard InChI is InChI=1S/C12H19NO2/c1-3-7-10(4-2)13-12(14)11-8-5-6-9-15-11/h1,10-11H,4-9H2,2H3,(H,13,14). The van der Waals surface area contributed by atoms with Crippen LogP contribution in [0, 0.1) is 12.3 Å². The molecule has 0 spiro atoms. The molecule has 1 saturated heterocycles. The summed E-state index contributed by atoms with van der Waals surface area (Å²) in [4.78, 5) is 11.7. The number of ether oxygens (including phenoxy) is 1. The van der Waals surface area contributed by atoms with Crippen molar-refractivity contribution in [1.82, 2.24) is 5.32 Å². The summed E-state index contributed by atoms with van der Waals surface area (Å²) >= 11 is 0. The van der Waals surface area contributed by atoms with Crippen LogP contribution in [0.2, 0.25) is 0 Å². The molecular formula is C12H19NO2. The molecule has 0 aromatic rings. The Bertz CT molecular complexity index is 238. The number of rotatable bonds is 4. The summed E-state index contributed by atoms with van der Waals surface area (Å²) in [7, 11) is 0. The lowest BCUT2D eigenvalue weighted by atomic mass is 10.1. The lowest BCUT2D eigenvalue weighted by Gasteiger charge is -2.24. The van der Waals surface area contributed by atoms with Gasteiger partial charge < -0.3 is 10.1 Å². The van der Waals surface area contributed by atoms with Gasteiger partial charge in [-0.25, -0.2) is 0 Å². The molecule has 2 atom stereocenters. The Labute approximate surface area is 91.6 Å². The largest absolute Gasteiger partial charge is 0.368 e. The van der Waals surface area contributed by atoms with Gasteiger partial charge in [0.25, 0.3) is 0 Å². The van der Waals surface area contributed by atoms with Gasteiger partial charge in [-0.1, -0.05) is 6.92 Å². The highest BCUT2D eigenvalue weighted by Gasteiger charge is 2.23. The van der Waals surface area contributed by atoms with Crippen LogP contribution >= 0.6 is 0 Å². The number of carbonyl (C=O) groups is 1. The quantitative estimate of drug-likeness (QED) is 0.712. The number of hydrogen-bond donors (Lipinski definition) is 1. The van der Waals surface area contributed by atoms with Crippen molar-refractivity contribution in [1.29, 1.82) is 0 Å². The van der Waals surface area contributed by atoms with Crippen molar-refractivity contribution < 1.29 is 9.53 Å². The van der Waals surface area contributed by atoms with E-state index in [0.717, 1.165) is 25.7 Å². The number of nitrogens with one attached hydrogen (secondary N) is 1. The van der Waals surface area contributed by atoms with E-state index in [1.54, 1.807) is 0 Å². The van der Waals surface area contributed by atoms with E-state index in [0.29, 0.717) is 13.0 Å². The Morgan fingerprint density at radius 2 is 2.47 bits per heavy atom. The normalized spacial score (nSPS) is 22.8. The van der Waals surface area contributed by atoms with Crippen molar-refractivity contribution in [2.75, 3.05) is 6.61 Å². The van der Waals surface area contributed by atoms with Crippen molar-refractivity contribution in [3.63, 3.8) is 0 Å². The summed E-state index contributed by atoms with van der Waals surface area (Å²) < 4.78 is 5.40. The predicted molar refractivity (Wildman–Crippen MR) is 59.3 cm³/mol. The molecule has 1 fully saturated rings. The predicted octanol–water partition coefficient (Wildman–Crippen LogP) is 1.47. The zero-order valence-corrected chi connectivity index (χ0v) is 9.29. The van der Waals surface area contributed by atoms with Gasteiger partial charge in [-0.15, -0.1) is 12.3 Å². The second kappa shape index (κ2) is 6.47. The van der Waals surface area contributed by atoms with Crippen molar-refractivity contribution in [2.45, 2.75) is 51.2 Å². The summed E-state index contributed by atoms with van der Waals surface area (Å²) in [5, 5.41) is 2.93. The van der Waals surface area contributed by atoms with Gasteiger partial charge in [-0.2, -0.15) is 0 Å². The number of terminal acetylenes is 1. The van der Waals surface area contributed by atoms with E-state index < -0.39 is 0 Å². The van der Waals surface area contributed by atoms with Gasteiger partial charge in [0, 0.05) is 19.1 Å². The molecule has 1 N–H and O–H groups in total. The molecule has 0 saturated carbocycles. The Balaban J connectivity index is 2.35. The molecule has 3 heteroatoms. The van der Waals surface area contributed by atoms with E-state index >= 15 is 0 Å². The van der Waals surface area contributed by atoms with E-state index in [1.807, 2.05) is 6.92 Å². The van der Waals surface area contributed by atoms with E-state index in [4.69, 9.17) is 11.2 Å². The first-order chi connectivity index (χ1) is 7.27. The molecule has 1 rings (SSSR count). The summed E-state index contributed by atoms with van der Waals surface area (Å²) in [6, 6.07) is 0.0908.